The molecule has 1 amide bonds. The standard InChI is InChI=1S/C21H23NO3/c1-2-13-25-19-10-6-9-18(16-19)22-20(23)21(11-14-24-15-12-21)17-7-4-3-5-8-17/h2-10,16H,1,11-15H2,(H,22,23). The van der Waals surface area contributed by atoms with E-state index >= 15 is 0 Å². The molecule has 1 aliphatic heterocycles. The molecule has 1 N–H and O–H groups in total. The molecule has 130 valence electrons. The highest BCUT2D eigenvalue weighted by molar-refractivity contribution is 5.99. The first-order chi connectivity index (χ1) is 12.2. The Labute approximate surface area is 148 Å². The molecule has 3 rings (SSSR count). The quantitative estimate of drug-likeness (QED) is 0.812. The van der Waals surface area contributed by atoms with Gasteiger partial charge < -0.3 is 14.8 Å². The summed E-state index contributed by atoms with van der Waals surface area (Å²) in [5.41, 5.74) is 1.21. The van der Waals surface area contributed by atoms with Crippen LogP contribution in [0, 0.1) is 0 Å². The van der Waals surface area contributed by atoms with Crippen molar-refractivity contribution in [2.75, 3.05) is 25.1 Å². The first kappa shape index (κ1) is 17.2. The van der Waals surface area contributed by atoms with Gasteiger partial charge in [-0.05, 0) is 30.5 Å². The molecule has 4 heteroatoms. The maximum absolute atomic E-state index is 13.2. The Morgan fingerprint density at radius 1 is 1.16 bits per heavy atom. The van der Waals surface area contributed by atoms with Crippen molar-refractivity contribution < 1.29 is 14.3 Å². The SMILES string of the molecule is C=CCOc1cccc(NC(=O)C2(c3ccccc3)CCOCC2)c1. The summed E-state index contributed by atoms with van der Waals surface area (Å²) in [7, 11) is 0. The van der Waals surface area contributed by atoms with Crippen LogP contribution in [0.15, 0.2) is 67.3 Å². The molecule has 4 nitrogen and oxygen atoms in total. The van der Waals surface area contributed by atoms with Crippen molar-refractivity contribution in [3.8, 4) is 5.75 Å². The summed E-state index contributed by atoms with van der Waals surface area (Å²) in [6.07, 6.45) is 3.04. The average Bonchev–Trinajstić information content (AvgIpc) is 2.68. The van der Waals surface area contributed by atoms with Crippen LogP contribution in [0.5, 0.6) is 5.75 Å². The number of benzene rings is 2. The summed E-state index contributed by atoms with van der Waals surface area (Å²) in [4.78, 5) is 13.2. The summed E-state index contributed by atoms with van der Waals surface area (Å²) in [6.45, 7) is 5.25. The minimum Gasteiger partial charge on any atom is -0.489 e. The molecule has 1 aliphatic rings. The Morgan fingerprint density at radius 3 is 2.64 bits per heavy atom. The molecule has 1 fully saturated rings. The van der Waals surface area contributed by atoms with E-state index in [0.29, 0.717) is 38.4 Å². The highest BCUT2D eigenvalue weighted by atomic mass is 16.5. The van der Waals surface area contributed by atoms with Crippen LogP contribution in [-0.4, -0.2) is 25.7 Å². The van der Waals surface area contributed by atoms with Crippen molar-refractivity contribution in [2.45, 2.75) is 18.3 Å². The highest BCUT2D eigenvalue weighted by Crippen LogP contribution is 2.36. The summed E-state index contributed by atoms with van der Waals surface area (Å²) in [5.74, 6) is 0.710. The summed E-state index contributed by atoms with van der Waals surface area (Å²) < 4.78 is 11.0. The average molecular weight is 337 g/mol. The molecule has 2 aromatic carbocycles. The molecule has 0 aromatic heterocycles. The van der Waals surface area contributed by atoms with Gasteiger partial charge in [-0.2, -0.15) is 0 Å². The molecular formula is C21H23NO3. The lowest BCUT2D eigenvalue weighted by Gasteiger charge is -2.36. The van der Waals surface area contributed by atoms with E-state index in [4.69, 9.17) is 9.47 Å². The Balaban J connectivity index is 1.83. The number of amides is 1. The molecule has 1 saturated heterocycles. The van der Waals surface area contributed by atoms with Gasteiger partial charge in [0.1, 0.15) is 12.4 Å². The monoisotopic (exact) mass is 337 g/mol. The summed E-state index contributed by atoms with van der Waals surface area (Å²) in [6, 6.07) is 17.4. The van der Waals surface area contributed by atoms with Crippen molar-refractivity contribution in [3.05, 3.63) is 72.8 Å². The molecule has 0 spiro atoms. The molecule has 0 bridgehead atoms. The van der Waals surface area contributed by atoms with E-state index in [2.05, 4.69) is 11.9 Å². The van der Waals surface area contributed by atoms with Gasteiger partial charge in [0.25, 0.3) is 0 Å². The minimum absolute atomic E-state index is 0.00266. The number of hydrogen-bond donors (Lipinski definition) is 1. The number of anilines is 1. The fourth-order valence-electron chi connectivity index (χ4n) is 3.19. The topological polar surface area (TPSA) is 47.6 Å². The lowest BCUT2D eigenvalue weighted by atomic mass is 9.73. The lowest BCUT2D eigenvalue weighted by molar-refractivity contribution is -0.125. The van der Waals surface area contributed by atoms with E-state index in [-0.39, 0.29) is 5.91 Å². The number of carbonyl (C=O) groups is 1. The predicted octanol–water partition coefficient (Wildman–Crippen LogP) is 3.94. The number of ether oxygens (including phenoxy) is 2. The highest BCUT2D eigenvalue weighted by Gasteiger charge is 2.41. The van der Waals surface area contributed by atoms with Crippen LogP contribution >= 0.6 is 0 Å². The third-order valence-electron chi connectivity index (χ3n) is 4.57. The van der Waals surface area contributed by atoms with E-state index < -0.39 is 5.41 Å². The molecular weight excluding hydrogens is 314 g/mol. The first-order valence-electron chi connectivity index (χ1n) is 8.53. The van der Waals surface area contributed by atoms with E-state index in [1.54, 1.807) is 6.08 Å². The van der Waals surface area contributed by atoms with Crippen LogP contribution in [0.25, 0.3) is 0 Å². The molecule has 1 heterocycles. The third kappa shape index (κ3) is 3.91. The van der Waals surface area contributed by atoms with Gasteiger partial charge in [0.2, 0.25) is 5.91 Å². The molecule has 2 aromatic rings. The van der Waals surface area contributed by atoms with E-state index in [1.165, 1.54) is 0 Å². The maximum atomic E-state index is 13.2. The van der Waals surface area contributed by atoms with Crippen molar-refractivity contribution >= 4 is 11.6 Å². The van der Waals surface area contributed by atoms with Crippen molar-refractivity contribution in [1.82, 2.24) is 0 Å². The van der Waals surface area contributed by atoms with E-state index in [1.807, 2.05) is 54.6 Å². The molecule has 25 heavy (non-hydrogen) atoms. The zero-order valence-corrected chi connectivity index (χ0v) is 14.2. The zero-order valence-electron chi connectivity index (χ0n) is 14.2. The molecule has 0 aliphatic carbocycles. The van der Waals surface area contributed by atoms with Gasteiger partial charge in [0.15, 0.2) is 0 Å². The Morgan fingerprint density at radius 2 is 1.92 bits per heavy atom. The minimum atomic E-state index is -0.558. The maximum Gasteiger partial charge on any atom is 0.235 e. The van der Waals surface area contributed by atoms with Crippen molar-refractivity contribution in [1.29, 1.82) is 0 Å². The van der Waals surface area contributed by atoms with Crippen LogP contribution < -0.4 is 10.1 Å². The number of hydrogen-bond acceptors (Lipinski definition) is 3. The van der Waals surface area contributed by atoms with Crippen LogP contribution in [0.4, 0.5) is 5.69 Å². The lowest BCUT2D eigenvalue weighted by Crippen LogP contribution is -2.44. The van der Waals surface area contributed by atoms with Gasteiger partial charge in [-0.15, -0.1) is 0 Å². The largest absolute Gasteiger partial charge is 0.489 e. The third-order valence-corrected chi connectivity index (χ3v) is 4.57. The Bertz CT molecular complexity index is 721. The van der Waals surface area contributed by atoms with E-state index in [9.17, 15) is 4.79 Å². The normalized spacial score (nSPS) is 16.0. The van der Waals surface area contributed by atoms with Gasteiger partial charge in [-0.25, -0.2) is 0 Å². The Kier molecular flexibility index (Phi) is 5.51. The first-order valence-corrected chi connectivity index (χ1v) is 8.53. The number of carbonyl (C=O) groups excluding carboxylic acids is 1. The predicted molar refractivity (Wildman–Crippen MR) is 98.9 cm³/mol. The van der Waals surface area contributed by atoms with Crippen molar-refractivity contribution in [3.63, 3.8) is 0 Å². The fourth-order valence-corrected chi connectivity index (χ4v) is 3.19. The summed E-state index contributed by atoms with van der Waals surface area (Å²) in [5, 5.41) is 3.07. The van der Waals surface area contributed by atoms with Crippen LogP contribution in [0.1, 0.15) is 18.4 Å². The van der Waals surface area contributed by atoms with Crippen LogP contribution in [0.2, 0.25) is 0 Å². The zero-order chi connectivity index (χ0) is 17.5. The second kappa shape index (κ2) is 7.99. The van der Waals surface area contributed by atoms with Gasteiger partial charge in [0.05, 0.1) is 5.41 Å². The Hall–Kier alpha value is -2.59. The van der Waals surface area contributed by atoms with Gasteiger partial charge in [-0.3, -0.25) is 4.79 Å². The molecule has 0 unspecified atom stereocenters. The molecule has 0 radical (unpaired) electrons. The van der Waals surface area contributed by atoms with Gasteiger partial charge >= 0.3 is 0 Å². The second-order valence-corrected chi connectivity index (χ2v) is 6.14. The van der Waals surface area contributed by atoms with Crippen LogP contribution in [-0.2, 0) is 14.9 Å². The molecule has 0 atom stereocenters. The van der Waals surface area contributed by atoms with Crippen LogP contribution in [0.3, 0.4) is 0 Å². The van der Waals surface area contributed by atoms with Crippen molar-refractivity contribution in [2.24, 2.45) is 0 Å². The second-order valence-electron chi connectivity index (χ2n) is 6.14. The number of nitrogens with one attached hydrogen (secondary N) is 1. The van der Waals surface area contributed by atoms with Gasteiger partial charge in [0, 0.05) is 25.0 Å². The van der Waals surface area contributed by atoms with Gasteiger partial charge in [-0.1, -0.05) is 49.1 Å². The molecule has 0 saturated carbocycles. The fraction of sp³-hybridized carbons (Fsp3) is 0.286. The number of rotatable bonds is 6. The summed E-state index contributed by atoms with van der Waals surface area (Å²) >= 11 is 0. The van der Waals surface area contributed by atoms with E-state index in [0.717, 1.165) is 11.3 Å². The smallest absolute Gasteiger partial charge is 0.235 e.